The second kappa shape index (κ2) is 15.8. The molecule has 0 aliphatic carbocycles. The molecule has 220 valence electrons. The van der Waals surface area contributed by atoms with Crippen molar-refractivity contribution in [2.24, 2.45) is 11.5 Å². The van der Waals surface area contributed by atoms with Gasteiger partial charge in [-0.1, -0.05) is 36.8 Å². The Labute approximate surface area is 237 Å². The van der Waals surface area contributed by atoms with Gasteiger partial charge in [0.15, 0.2) is 5.96 Å². The number of nitrogens with zero attached hydrogens (tertiary/aromatic N) is 1. The van der Waals surface area contributed by atoms with Gasteiger partial charge in [0.2, 0.25) is 17.7 Å². The molecule has 1 aromatic rings. The summed E-state index contributed by atoms with van der Waals surface area (Å²) in [6.07, 6.45) is 1.06. The van der Waals surface area contributed by atoms with Crippen LogP contribution in [0.25, 0.3) is 0 Å². The van der Waals surface area contributed by atoms with Crippen LogP contribution in [0.3, 0.4) is 0 Å². The number of aliphatic carboxylic acids is 1. The Hall–Kier alpha value is -3.62. The molecule has 1 heterocycles. The number of carbonyl (C=O) groups is 4. The van der Waals surface area contributed by atoms with Crippen LogP contribution in [0.5, 0.6) is 0 Å². The van der Waals surface area contributed by atoms with Crippen LogP contribution in [-0.2, 0) is 19.2 Å². The van der Waals surface area contributed by atoms with Gasteiger partial charge in [-0.3, -0.25) is 19.8 Å². The minimum Gasteiger partial charge on any atom is -0.480 e. The molecule has 1 aromatic carbocycles. The summed E-state index contributed by atoms with van der Waals surface area (Å²) in [4.78, 5) is 52.1. The molecule has 0 saturated heterocycles. The average Bonchev–Trinajstić information content (AvgIpc) is 3.38. The zero-order valence-corrected chi connectivity index (χ0v) is 23.4. The summed E-state index contributed by atoms with van der Waals surface area (Å²) in [5, 5.41) is 34.2. The van der Waals surface area contributed by atoms with Gasteiger partial charge in [-0.2, -0.15) is 0 Å². The first-order valence-electron chi connectivity index (χ1n) is 12.9. The number of aliphatic hydroxyl groups excluding tert-OH is 1. The topological polar surface area (TPSA) is 224 Å². The molecule has 0 radical (unpaired) electrons. The fraction of sp³-hybridized carbons (Fsp3) is 0.500. The van der Waals surface area contributed by atoms with Crippen molar-refractivity contribution >= 4 is 41.4 Å². The Bertz CT molecular complexity index is 1080. The van der Waals surface area contributed by atoms with Crippen molar-refractivity contribution in [3.63, 3.8) is 0 Å². The molecule has 14 heteroatoms. The van der Waals surface area contributed by atoms with Gasteiger partial charge < -0.3 is 42.5 Å². The van der Waals surface area contributed by atoms with Crippen molar-refractivity contribution in [1.82, 2.24) is 20.9 Å². The van der Waals surface area contributed by atoms with E-state index in [2.05, 4.69) is 16.0 Å². The van der Waals surface area contributed by atoms with Gasteiger partial charge >= 0.3 is 5.97 Å². The second-order valence-electron chi connectivity index (χ2n) is 9.57. The van der Waals surface area contributed by atoms with Crippen LogP contribution in [0, 0.1) is 5.41 Å². The molecule has 3 amide bonds. The summed E-state index contributed by atoms with van der Waals surface area (Å²) in [5.74, 6) is -2.92. The first-order valence-corrected chi connectivity index (χ1v) is 13.8. The van der Waals surface area contributed by atoms with E-state index >= 15 is 0 Å². The second-order valence-corrected chi connectivity index (χ2v) is 11.0. The number of thioether (sulfide) groups is 1. The minimum absolute atomic E-state index is 0.0184. The number of nitrogens with one attached hydrogen (secondary N) is 4. The number of carbonyl (C=O) groups excluding carboxylic acids is 3. The first-order chi connectivity index (χ1) is 18.9. The third kappa shape index (κ3) is 10.5. The van der Waals surface area contributed by atoms with Crippen LogP contribution in [0.4, 0.5) is 0 Å². The molecular weight excluding hydrogens is 538 g/mol. The number of nitrogens with two attached hydrogens (primary N) is 2. The lowest BCUT2D eigenvalue weighted by Crippen LogP contribution is -2.54. The minimum atomic E-state index is -1.23. The van der Waals surface area contributed by atoms with E-state index in [4.69, 9.17) is 16.9 Å². The fourth-order valence-corrected chi connectivity index (χ4v) is 4.96. The predicted octanol–water partition coefficient (Wildman–Crippen LogP) is -0.649. The molecule has 13 nitrogen and oxygen atoms in total. The number of hydrogen-bond donors (Lipinski definition) is 8. The lowest BCUT2D eigenvalue weighted by molar-refractivity contribution is -0.141. The number of aliphatic hydroxyl groups is 1. The predicted molar refractivity (Wildman–Crippen MR) is 151 cm³/mol. The van der Waals surface area contributed by atoms with Gasteiger partial charge in [0, 0.05) is 36.2 Å². The molecule has 2 rings (SSSR count). The molecule has 5 unspecified atom stereocenters. The average molecular weight is 578 g/mol. The van der Waals surface area contributed by atoms with Crippen LogP contribution in [0.2, 0.25) is 0 Å². The number of carboxylic acid groups (broad SMARTS) is 1. The van der Waals surface area contributed by atoms with Gasteiger partial charge in [0.25, 0.3) is 0 Å². The smallest absolute Gasteiger partial charge is 0.327 e. The number of rotatable bonds is 15. The Kier molecular flexibility index (Phi) is 12.9. The van der Waals surface area contributed by atoms with Gasteiger partial charge in [-0.05, 0) is 31.9 Å². The Balaban J connectivity index is 1.88. The van der Waals surface area contributed by atoms with E-state index in [1.807, 2.05) is 36.4 Å². The van der Waals surface area contributed by atoms with Crippen molar-refractivity contribution < 1.29 is 29.4 Å². The van der Waals surface area contributed by atoms with Crippen LogP contribution in [0.1, 0.15) is 33.1 Å². The molecule has 40 heavy (non-hydrogen) atoms. The maximum Gasteiger partial charge on any atom is 0.327 e. The normalized spacial score (nSPS) is 16.6. The quantitative estimate of drug-likeness (QED) is 0.0432. The van der Waals surface area contributed by atoms with Crippen molar-refractivity contribution in [2.45, 2.75) is 67.5 Å². The number of guanidine groups is 1. The van der Waals surface area contributed by atoms with Crippen molar-refractivity contribution in [2.75, 3.05) is 19.6 Å². The number of amides is 3. The molecule has 10 N–H and O–H groups in total. The molecule has 0 aromatic heterocycles. The Morgan fingerprint density at radius 2 is 1.80 bits per heavy atom. The lowest BCUT2D eigenvalue weighted by Gasteiger charge is -2.23. The Morgan fingerprint density at radius 1 is 1.12 bits per heavy atom. The summed E-state index contributed by atoms with van der Waals surface area (Å²) >= 11 is 1.34. The zero-order chi connectivity index (χ0) is 29.8. The molecule has 0 bridgehead atoms. The highest BCUT2D eigenvalue weighted by molar-refractivity contribution is 8.00. The first kappa shape index (κ1) is 32.6. The molecule has 1 aliphatic rings. The van der Waals surface area contributed by atoms with Gasteiger partial charge in [0.1, 0.15) is 18.1 Å². The Morgan fingerprint density at radius 3 is 2.38 bits per heavy atom. The van der Waals surface area contributed by atoms with Crippen LogP contribution >= 0.6 is 11.8 Å². The van der Waals surface area contributed by atoms with Crippen LogP contribution in [-0.4, -0.2) is 93.9 Å². The maximum atomic E-state index is 12.9. The van der Waals surface area contributed by atoms with E-state index in [1.54, 1.807) is 11.8 Å². The number of hydrogen-bond acceptors (Lipinski definition) is 8. The standard InChI is InChI=1S/C26H39N7O6S/c1-15(34)21(27)24(37)31-19(13-17-10-12-33(14-17)26(28)29)23(36)30-11-6-9-20(35)32-22(25(38)39)16(2)40-18-7-4-3-5-8-18/h3-5,7-8,10,15-16,19,21-22,34H,6,9,11-14,27H2,1-2H3,(H3,28,29)(H,30,36)(H,31,37)(H,32,35)(H,38,39). The zero-order valence-electron chi connectivity index (χ0n) is 22.6. The largest absolute Gasteiger partial charge is 0.480 e. The van der Waals surface area contributed by atoms with Gasteiger partial charge in [-0.25, -0.2) is 4.79 Å². The van der Waals surface area contributed by atoms with Crippen molar-refractivity contribution in [1.29, 1.82) is 5.41 Å². The van der Waals surface area contributed by atoms with Crippen LogP contribution in [0.15, 0.2) is 46.9 Å². The monoisotopic (exact) mass is 577 g/mol. The highest BCUT2D eigenvalue weighted by Gasteiger charge is 2.29. The van der Waals surface area contributed by atoms with E-state index in [9.17, 15) is 29.4 Å². The molecule has 0 saturated carbocycles. The van der Waals surface area contributed by atoms with Crippen LogP contribution < -0.4 is 27.4 Å². The summed E-state index contributed by atoms with van der Waals surface area (Å²) < 4.78 is 0. The number of benzene rings is 1. The highest BCUT2D eigenvalue weighted by Crippen LogP contribution is 2.25. The molecule has 0 fully saturated rings. The fourth-order valence-electron chi connectivity index (χ4n) is 3.89. The molecule has 0 spiro atoms. The van der Waals surface area contributed by atoms with Gasteiger partial charge in [0.05, 0.1) is 6.10 Å². The summed E-state index contributed by atoms with van der Waals surface area (Å²) in [6.45, 7) is 3.94. The lowest BCUT2D eigenvalue weighted by atomic mass is 10.0. The maximum absolute atomic E-state index is 12.9. The number of carboxylic acids is 1. The van der Waals surface area contributed by atoms with E-state index in [1.165, 1.54) is 18.7 Å². The van der Waals surface area contributed by atoms with E-state index in [0.29, 0.717) is 13.1 Å². The third-order valence-corrected chi connectivity index (χ3v) is 7.44. The summed E-state index contributed by atoms with van der Waals surface area (Å²) in [5.41, 5.74) is 12.0. The SMILES string of the molecule is CC(O)C(N)C(=O)NC(CC1=CCN(C(=N)N)C1)C(=O)NCCCC(=O)NC(C(=O)O)C(C)Sc1ccccc1. The third-order valence-electron chi connectivity index (χ3n) is 6.25. The molecular formula is C26H39N7O6S. The van der Waals surface area contributed by atoms with Crippen molar-refractivity contribution in [3.8, 4) is 0 Å². The molecule has 5 atom stereocenters. The van der Waals surface area contributed by atoms with E-state index in [-0.39, 0.29) is 31.8 Å². The van der Waals surface area contributed by atoms with Crippen molar-refractivity contribution in [3.05, 3.63) is 42.0 Å². The highest BCUT2D eigenvalue weighted by atomic mass is 32.2. The molecule has 1 aliphatic heterocycles. The summed E-state index contributed by atoms with van der Waals surface area (Å²) in [6, 6.07) is 5.95. The van der Waals surface area contributed by atoms with Gasteiger partial charge in [-0.15, -0.1) is 11.8 Å². The van der Waals surface area contributed by atoms with E-state index in [0.717, 1.165) is 10.5 Å². The summed E-state index contributed by atoms with van der Waals surface area (Å²) in [7, 11) is 0. The van der Waals surface area contributed by atoms with E-state index < -0.39 is 53.2 Å².